The molecule has 0 aromatic carbocycles. The molecule has 1 rings (SSSR count). The monoisotopic (exact) mass is 245 g/mol. The average Bonchev–Trinajstić information content (AvgIpc) is 2.30. The first-order valence-corrected chi connectivity index (χ1v) is 6.77. The summed E-state index contributed by atoms with van der Waals surface area (Å²) in [4.78, 5) is 4.06. The molecule has 7 heteroatoms. The number of nitrogens with zero attached hydrogens (tertiary/aromatic N) is 2. The van der Waals surface area contributed by atoms with Crippen LogP contribution in [0.25, 0.3) is 0 Å². The molecule has 0 atom stereocenters. The van der Waals surface area contributed by atoms with Gasteiger partial charge in [-0.2, -0.15) is 5.10 Å². The highest BCUT2D eigenvalue weighted by Crippen LogP contribution is 2.41. The van der Waals surface area contributed by atoms with Gasteiger partial charge in [-0.25, -0.2) is 5.20 Å². The summed E-state index contributed by atoms with van der Waals surface area (Å²) in [5, 5.41) is 6.57. The molecule has 0 bridgehead atoms. The second kappa shape index (κ2) is 5.92. The molecule has 0 saturated heterocycles. The van der Waals surface area contributed by atoms with Crippen LogP contribution in [-0.2, 0) is 20.9 Å². The van der Waals surface area contributed by atoms with Gasteiger partial charge in [0.25, 0.3) is 0 Å². The molecule has 0 unspecified atom stereocenters. The number of hydrogen-bond acceptors (Lipinski definition) is 5. The van der Waals surface area contributed by atoms with E-state index in [1.54, 1.807) is 12.4 Å². The first kappa shape index (κ1) is 12.3. The maximum absolute atomic E-state index is 5.04. The van der Waals surface area contributed by atoms with Gasteiger partial charge in [0.05, 0.1) is 11.9 Å². The topological polar surface area (TPSA) is 55.7 Å². The van der Waals surface area contributed by atoms with E-state index in [2.05, 4.69) is 15.3 Å². The Morgan fingerprint density at radius 1 is 1.47 bits per heavy atom. The van der Waals surface area contributed by atoms with E-state index in [1.807, 2.05) is 18.2 Å². The molecule has 0 radical (unpaired) electrons. The number of nitrogens with one attached hydrogen (secondary N) is 1. The number of pyridine rings is 1. The molecule has 1 heterocycles. The summed E-state index contributed by atoms with van der Waals surface area (Å²) in [5.41, 5.74) is 0.735. The van der Waals surface area contributed by atoms with Crippen LogP contribution in [0, 0.1) is 0 Å². The van der Waals surface area contributed by atoms with E-state index in [0.29, 0.717) is 0 Å². The highest BCUT2D eigenvalue weighted by atomic mass is 32.5. The van der Waals surface area contributed by atoms with Gasteiger partial charge in [0.15, 0.2) is 0 Å². The van der Waals surface area contributed by atoms with Crippen molar-refractivity contribution >= 4 is 24.7 Å². The lowest BCUT2D eigenvalue weighted by Gasteiger charge is -2.15. The van der Waals surface area contributed by atoms with Crippen LogP contribution in [0.2, 0.25) is 0 Å². The van der Waals surface area contributed by atoms with E-state index in [-0.39, 0.29) is 0 Å². The minimum absolute atomic E-state index is 0.735. The molecule has 1 aromatic rings. The molecule has 0 aliphatic rings. The third-order valence-electron chi connectivity index (χ3n) is 1.55. The number of hydrogen-bond donors (Lipinski definition) is 1. The van der Waals surface area contributed by atoms with Crippen molar-refractivity contribution in [3.8, 4) is 0 Å². The quantitative estimate of drug-likeness (QED) is 0.484. The zero-order valence-electron chi connectivity index (χ0n) is 8.45. The molecule has 0 fully saturated rings. The zero-order valence-corrected chi connectivity index (χ0v) is 10.2. The lowest BCUT2D eigenvalue weighted by molar-refractivity contribution is 0.327. The average molecular weight is 245 g/mol. The highest BCUT2D eigenvalue weighted by molar-refractivity contribution is 8.08. The van der Waals surface area contributed by atoms with E-state index in [0.717, 1.165) is 5.69 Å². The molecule has 82 valence electrons. The van der Waals surface area contributed by atoms with Crippen LogP contribution >= 0.6 is 6.64 Å². The van der Waals surface area contributed by atoms with Crippen LogP contribution in [0.5, 0.6) is 0 Å². The summed E-state index contributed by atoms with van der Waals surface area (Å²) in [5.74, 6) is 0. The fraction of sp³-hybridized carbons (Fsp3) is 0.250. The van der Waals surface area contributed by atoms with Crippen molar-refractivity contribution < 1.29 is 9.05 Å². The first-order valence-electron chi connectivity index (χ1n) is 4.13. The van der Waals surface area contributed by atoms with Crippen molar-refractivity contribution in [1.29, 1.82) is 0 Å². The fourth-order valence-electron chi connectivity index (χ4n) is 0.774. The van der Waals surface area contributed by atoms with E-state index in [1.165, 1.54) is 14.2 Å². The van der Waals surface area contributed by atoms with Crippen LogP contribution < -0.4 is 5.20 Å². The Hall–Kier alpha value is -0.810. The number of aromatic nitrogens is 1. The largest absolute Gasteiger partial charge is 0.316 e. The maximum atomic E-state index is 5.04. The zero-order chi connectivity index (χ0) is 11.1. The Balaban J connectivity index is 2.57. The van der Waals surface area contributed by atoms with Crippen LogP contribution in [0.4, 0.5) is 0 Å². The van der Waals surface area contributed by atoms with Crippen LogP contribution in [0.3, 0.4) is 0 Å². The molecule has 0 saturated carbocycles. The van der Waals surface area contributed by atoms with Crippen molar-refractivity contribution in [1.82, 2.24) is 10.2 Å². The normalized spacial score (nSPS) is 11.9. The van der Waals surface area contributed by atoms with Gasteiger partial charge in [-0.3, -0.25) is 4.98 Å². The van der Waals surface area contributed by atoms with Gasteiger partial charge in [-0.1, -0.05) is 6.07 Å². The summed E-state index contributed by atoms with van der Waals surface area (Å²) in [6.07, 6.45) is 3.24. The molecule has 15 heavy (non-hydrogen) atoms. The standard InChI is InChI=1S/C8H12N3O2PS/c1-12-14(15,13-2)11-10-7-8-5-3-4-6-9-8/h3-7H,1-2H3,(H,11,15). The summed E-state index contributed by atoms with van der Waals surface area (Å²) < 4.78 is 9.97. The predicted octanol–water partition coefficient (Wildman–Crippen LogP) is 1.52. The van der Waals surface area contributed by atoms with Crippen LogP contribution in [-0.4, -0.2) is 25.4 Å². The van der Waals surface area contributed by atoms with Crippen molar-refractivity contribution in [2.24, 2.45) is 5.10 Å². The Labute approximate surface area is 93.7 Å². The second-order valence-corrected chi connectivity index (χ2v) is 5.84. The molecule has 5 nitrogen and oxygen atoms in total. The minimum Gasteiger partial charge on any atom is -0.316 e. The summed E-state index contributed by atoms with van der Waals surface area (Å²) in [7, 11) is 2.96. The molecule has 0 aliphatic carbocycles. The van der Waals surface area contributed by atoms with Gasteiger partial charge in [0, 0.05) is 20.4 Å². The van der Waals surface area contributed by atoms with Crippen molar-refractivity contribution in [3.05, 3.63) is 30.1 Å². The van der Waals surface area contributed by atoms with Gasteiger partial charge in [-0.05, 0) is 23.9 Å². The lowest BCUT2D eigenvalue weighted by Crippen LogP contribution is -2.05. The van der Waals surface area contributed by atoms with Gasteiger partial charge >= 0.3 is 6.64 Å². The van der Waals surface area contributed by atoms with E-state index in [9.17, 15) is 0 Å². The Morgan fingerprint density at radius 3 is 2.73 bits per heavy atom. The minimum atomic E-state index is -2.46. The third kappa shape index (κ3) is 4.05. The molecular weight excluding hydrogens is 233 g/mol. The van der Waals surface area contributed by atoms with Crippen LogP contribution in [0.1, 0.15) is 5.69 Å². The summed E-state index contributed by atoms with van der Waals surface area (Å²) >= 11 is 5.04. The lowest BCUT2D eigenvalue weighted by atomic mass is 10.4. The van der Waals surface area contributed by atoms with Gasteiger partial charge in [-0.15, -0.1) is 0 Å². The molecular formula is C8H12N3O2PS. The van der Waals surface area contributed by atoms with Gasteiger partial charge in [0.2, 0.25) is 0 Å². The number of hydrazone groups is 1. The smallest absolute Gasteiger partial charge is 0.302 e. The molecule has 0 amide bonds. The SMILES string of the molecule is COP(=S)(NN=Cc1ccccn1)OC. The van der Waals surface area contributed by atoms with Gasteiger partial charge in [0.1, 0.15) is 0 Å². The Morgan fingerprint density at radius 2 is 2.20 bits per heavy atom. The second-order valence-electron chi connectivity index (χ2n) is 2.48. The first-order chi connectivity index (χ1) is 7.20. The summed E-state index contributed by atoms with van der Waals surface area (Å²) in [6.45, 7) is -2.46. The highest BCUT2D eigenvalue weighted by Gasteiger charge is 2.12. The van der Waals surface area contributed by atoms with E-state index >= 15 is 0 Å². The van der Waals surface area contributed by atoms with Gasteiger partial charge < -0.3 is 9.05 Å². The molecule has 0 aliphatic heterocycles. The van der Waals surface area contributed by atoms with Crippen LogP contribution in [0.15, 0.2) is 29.5 Å². The third-order valence-corrected chi connectivity index (χ3v) is 4.01. The van der Waals surface area contributed by atoms with E-state index in [4.69, 9.17) is 20.9 Å². The Bertz CT molecular complexity index is 363. The van der Waals surface area contributed by atoms with Crippen molar-refractivity contribution in [2.75, 3.05) is 14.2 Å². The van der Waals surface area contributed by atoms with Crippen molar-refractivity contribution in [3.63, 3.8) is 0 Å². The summed E-state index contributed by atoms with van der Waals surface area (Å²) in [6, 6.07) is 5.53. The fourth-order valence-corrected chi connectivity index (χ4v) is 1.43. The molecule has 0 spiro atoms. The Kier molecular flexibility index (Phi) is 4.84. The molecule has 1 N–H and O–H groups in total. The maximum Gasteiger partial charge on any atom is 0.302 e. The molecule has 1 aromatic heterocycles. The van der Waals surface area contributed by atoms with Crippen molar-refractivity contribution in [2.45, 2.75) is 0 Å². The van der Waals surface area contributed by atoms with E-state index < -0.39 is 6.64 Å². The predicted molar refractivity (Wildman–Crippen MR) is 63.3 cm³/mol. The number of rotatable bonds is 5.